The highest BCUT2D eigenvalue weighted by Gasteiger charge is 2.15. The van der Waals surface area contributed by atoms with Crippen LogP contribution in [0.25, 0.3) is 0 Å². The summed E-state index contributed by atoms with van der Waals surface area (Å²) < 4.78 is 1.84. The third kappa shape index (κ3) is 3.62. The van der Waals surface area contributed by atoms with Crippen LogP contribution < -0.4 is 5.32 Å². The number of halogens is 1. The fourth-order valence-electron chi connectivity index (χ4n) is 2.47. The van der Waals surface area contributed by atoms with Crippen LogP contribution in [-0.2, 0) is 13.5 Å². The number of aryl methyl sites for hydroxylation is 3. The van der Waals surface area contributed by atoms with Crippen LogP contribution in [0.3, 0.4) is 0 Å². The molecule has 0 saturated carbocycles. The van der Waals surface area contributed by atoms with Crippen molar-refractivity contribution in [1.82, 2.24) is 15.1 Å². The smallest absolute Gasteiger partial charge is 0.0521 e. The first-order chi connectivity index (χ1) is 9.61. The van der Waals surface area contributed by atoms with Crippen molar-refractivity contribution in [1.29, 1.82) is 0 Å². The molecule has 0 amide bonds. The summed E-state index contributed by atoms with van der Waals surface area (Å²) in [5.74, 6) is 0. The number of nitrogens with zero attached hydrogens (tertiary/aromatic N) is 2. The fraction of sp³-hybridized carbons (Fsp3) is 0.438. The van der Waals surface area contributed by atoms with Crippen molar-refractivity contribution < 1.29 is 0 Å². The molecular formula is C16H22ClN3. The molecule has 0 aliphatic heterocycles. The van der Waals surface area contributed by atoms with Gasteiger partial charge in [-0.3, -0.25) is 4.68 Å². The topological polar surface area (TPSA) is 29.9 Å². The van der Waals surface area contributed by atoms with E-state index in [0.717, 1.165) is 30.0 Å². The van der Waals surface area contributed by atoms with Gasteiger partial charge in [-0.1, -0.05) is 36.7 Å². The van der Waals surface area contributed by atoms with Gasteiger partial charge in [0.2, 0.25) is 0 Å². The highest BCUT2D eigenvalue weighted by molar-refractivity contribution is 6.32. The maximum atomic E-state index is 6.45. The minimum absolute atomic E-state index is 0.285. The van der Waals surface area contributed by atoms with Gasteiger partial charge in [0, 0.05) is 24.3 Å². The zero-order valence-electron chi connectivity index (χ0n) is 12.4. The Morgan fingerprint density at radius 1 is 1.40 bits per heavy atom. The van der Waals surface area contributed by atoms with Crippen LogP contribution in [0.15, 0.2) is 30.6 Å². The van der Waals surface area contributed by atoms with E-state index in [2.05, 4.69) is 48.7 Å². The number of hydrogen-bond acceptors (Lipinski definition) is 2. The molecule has 0 saturated heterocycles. The fourth-order valence-corrected chi connectivity index (χ4v) is 2.72. The summed E-state index contributed by atoms with van der Waals surface area (Å²) in [7, 11) is 1.95. The van der Waals surface area contributed by atoms with E-state index < -0.39 is 0 Å². The van der Waals surface area contributed by atoms with Crippen LogP contribution in [0.2, 0.25) is 5.02 Å². The molecule has 3 nitrogen and oxygen atoms in total. The Balaban J connectivity index is 2.12. The number of aromatic nitrogens is 2. The van der Waals surface area contributed by atoms with Crippen molar-refractivity contribution in [2.45, 2.75) is 32.7 Å². The molecule has 1 aromatic heterocycles. The van der Waals surface area contributed by atoms with E-state index in [1.165, 1.54) is 11.1 Å². The molecule has 1 aromatic carbocycles. The maximum Gasteiger partial charge on any atom is 0.0521 e. The number of benzene rings is 1. The lowest BCUT2D eigenvalue weighted by Crippen LogP contribution is -2.22. The molecule has 1 heterocycles. The summed E-state index contributed by atoms with van der Waals surface area (Å²) in [6.07, 6.45) is 6.01. The van der Waals surface area contributed by atoms with Gasteiger partial charge in [-0.05, 0) is 43.0 Å². The number of hydrogen-bond donors (Lipinski definition) is 1. The lowest BCUT2D eigenvalue weighted by Gasteiger charge is -2.20. The predicted molar refractivity (Wildman–Crippen MR) is 84.1 cm³/mol. The molecule has 0 fully saturated rings. The van der Waals surface area contributed by atoms with E-state index in [1.807, 2.05) is 17.9 Å². The predicted octanol–water partition coefficient (Wildman–Crippen LogP) is 3.67. The second-order valence-corrected chi connectivity index (χ2v) is 5.53. The molecule has 1 atom stereocenters. The Morgan fingerprint density at radius 3 is 2.85 bits per heavy atom. The molecular weight excluding hydrogens is 270 g/mol. The van der Waals surface area contributed by atoms with Crippen molar-refractivity contribution in [3.63, 3.8) is 0 Å². The molecule has 2 aromatic rings. The first kappa shape index (κ1) is 15.1. The molecule has 0 aliphatic carbocycles. The Bertz CT molecular complexity index is 563. The van der Waals surface area contributed by atoms with Gasteiger partial charge in [0.25, 0.3) is 0 Å². The van der Waals surface area contributed by atoms with Gasteiger partial charge in [-0.15, -0.1) is 0 Å². The molecule has 108 valence electrons. The summed E-state index contributed by atoms with van der Waals surface area (Å²) in [6, 6.07) is 6.53. The molecule has 1 unspecified atom stereocenters. The standard InChI is InChI=1S/C16H22ClN3/c1-4-18-15(9-8-13-10-19-20(3)11-13)14-7-5-6-12(2)16(14)17/h5-7,10-11,15,18H,4,8-9H2,1-3H3. The molecule has 20 heavy (non-hydrogen) atoms. The first-order valence-electron chi connectivity index (χ1n) is 7.07. The molecule has 0 bridgehead atoms. The second-order valence-electron chi connectivity index (χ2n) is 5.15. The first-order valence-corrected chi connectivity index (χ1v) is 7.45. The van der Waals surface area contributed by atoms with Crippen molar-refractivity contribution in [3.8, 4) is 0 Å². The molecule has 1 N–H and O–H groups in total. The second kappa shape index (κ2) is 6.91. The van der Waals surface area contributed by atoms with Gasteiger partial charge in [0.05, 0.1) is 6.20 Å². The van der Waals surface area contributed by atoms with Crippen LogP contribution in [0.4, 0.5) is 0 Å². The third-order valence-electron chi connectivity index (χ3n) is 3.53. The van der Waals surface area contributed by atoms with Crippen molar-refractivity contribution in [3.05, 3.63) is 52.3 Å². The van der Waals surface area contributed by atoms with Gasteiger partial charge in [-0.25, -0.2) is 0 Å². The van der Waals surface area contributed by atoms with Gasteiger partial charge in [-0.2, -0.15) is 5.10 Å². The SMILES string of the molecule is CCNC(CCc1cnn(C)c1)c1cccc(C)c1Cl. The molecule has 0 spiro atoms. The summed E-state index contributed by atoms with van der Waals surface area (Å²) >= 11 is 6.45. The largest absolute Gasteiger partial charge is 0.310 e. The highest BCUT2D eigenvalue weighted by Crippen LogP contribution is 2.28. The molecule has 4 heteroatoms. The molecule has 0 radical (unpaired) electrons. The Hall–Kier alpha value is -1.32. The van der Waals surface area contributed by atoms with Crippen LogP contribution in [-0.4, -0.2) is 16.3 Å². The lowest BCUT2D eigenvalue weighted by atomic mass is 9.98. The molecule has 0 aliphatic rings. The van der Waals surface area contributed by atoms with E-state index in [9.17, 15) is 0 Å². The van der Waals surface area contributed by atoms with Crippen LogP contribution >= 0.6 is 11.6 Å². The minimum atomic E-state index is 0.285. The van der Waals surface area contributed by atoms with Gasteiger partial charge >= 0.3 is 0 Å². The normalized spacial score (nSPS) is 12.6. The van der Waals surface area contributed by atoms with Gasteiger partial charge < -0.3 is 5.32 Å². The van der Waals surface area contributed by atoms with E-state index in [-0.39, 0.29) is 6.04 Å². The average molecular weight is 292 g/mol. The lowest BCUT2D eigenvalue weighted by molar-refractivity contribution is 0.515. The van der Waals surface area contributed by atoms with E-state index in [1.54, 1.807) is 0 Å². The van der Waals surface area contributed by atoms with E-state index in [0.29, 0.717) is 0 Å². The van der Waals surface area contributed by atoms with Crippen LogP contribution in [0.5, 0.6) is 0 Å². The van der Waals surface area contributed by atoms with Crippen molar-refractivity contribution in [2.24, 2.45) is 7.05 Å². The molecule has 2 rings (SSSR count). The van der Waals surface area contributed by atoms with E-state index in [4.69, 9.17) is 11.6 Å². The quantitative estimate of drug-likeness (QED) is 0.880. The van der Waals surface area contributed by atoms with Crippen LogP contribution in [0.1, 0.15) is 36.1 Å². The summed E-state index contributed by atoms with van der Waals surface area (Å²) in [5, 5.41) is 8.63. The number of rotatable bonds is 6. The zero-order valence-corrected chi connectivity index (χ0v) is 13.1. The van der Waals surface area contributed by atoms with Crippen LogP contribution in [0, 0.1) is 6.92 Å². The summed E-state index contributed by atoms with van der Waals surface area (Å²) in [4.78, 5) is 0. The Morgan fingerprint density at radius 2 is 2.20 bits per heavy atom. The maximum absolute atomic E-state index is 6.45. The van der Waals surface area contributed by atoms with Gasteiger partial charge in [0.15, 0.2) is 0 Å². The highest BCUT2D eigenvalue weighted by atomic mass is 35.5. The average Bonchev–Trinajstić information content (AvgIpc) is 2.84. The number of nitrogens with one attached hydrogen (secondary N) is 1. The van der Waals surface area contributed by atoms with Crippen molar-refractivity contribution >= 4 is 11.6 Å². The monoisotopic (exact) mass is 291 g/mol. The summed E-state index contributed by atoms with van der Waals surface area (Å²) in [5.41, 5.74) is 3.59. The zero-order chi connectivity index (χ0) is 14.5. The third-order valence-corrected chi connectivity index (χ3v) is 4.04. The Labute approximate surface area is 126 Å². The van der Waals surface area contributed by atoms with E-state index >= 15 is 0 Å². The van der Waals surface area contributed by atoms with Gasteiger partial charge in [0.1, 0.15) is 0 Å². The Kier molecular flexibility index (Phi) is 5.21. The summed E-state index contributed by atoms with van der Waals surface area (Å²) in [6.45, 7) is 5.11. The van der Waals surface area contributed by atoms with Crippen molar-refractivity contribution in [2.75, 3.05) is 6.54 Å². The minimum Gasteiger partial charge on any atom is -0.310 e.